The monoisotopic (exact) mass is 251 g/mol. The molecule has 0 saturated heterocycles. The number of aliphatic hydroxyl groups is 1. The number of hydrogen-bond acceptors (Lipinski definition) is 4. The molecule has 0 spiro atoms. The lowest BCUT2D eigenvalue weighted by Crippen LogP contribution is -2.47. The van der Waals surface area contributed by atoms with Crippen LogP contribution < -0.4 is 0 Å². The minimum absolute atomic E-state index is 0.664. The summed E-state index contributed by atoms with van der Waals surface area (Å²) in [5.74, 6) is 1.64. The lowest BCUT2D eigenvalue weighted by Gasteiger charge is -2.37. The highest BCUT2D eigenvalue weighted by Crippen LogP contribution is 2.24. The molecule has 0 saturated carbocycles. The lowest BCUT2D eigenvalue weighted by molar-refractivity contribution is -0.0894. The number of aromatic nitrogens is 2. The molecular formula is C12H17BFN2O2. The molecule has 0 fully saturated rings. The van der Waals surface area contributed by atoms with Crippen molar-refractivity contribution in [2.24, 2.45) is 0 Å². The number of hydrogen-bond donors (Lipinski definition) is 1. The van der Waals surface area contributed by atoms with Crippen molar-refractivity contribution in [2.75, 3.05) is 0 Å². The summed E-state index contributed by atoms with van der Waals surface area (Å²) in [6.07, 6.45) is 3.66. The number of halogens is 1. The predicted octanol–water partition coefficient (Wildman–Crippen LogP) is 1.77. The minimum Gasteiger partial charge on any atom is -0.427 e. The SMILES string of the molecule is CC(C)(O)C(C)(C)O[B]/C=C/c1cnc(F)nc1. The largest absolute Gasteiger partial charge is 0.427 e. The van der Waals surface area contributed by atoms with Crippen LogP contribution in [0, 0.1) is 6.08 Å². The Balaban J connectivity index is 2.49. The Bertz CT molecular complexity index is 413. The first-order valence-corrected chi connectivity index (χ1v) is 5.60. The van der Waals surface area contributed by atoms with Gasteiger partial charge in [-0.15, -0.1) is 0 Å². The molecule has 1 radical (unpaired) electrons. The average Bonchev–Trinajstić information content (AvgIpc) is 2.25. The van der Waals surface area contributed by atoms with E-state index in [0.29, 0.717) is 5.56 Å². The summed E-state index contributed by atoms with van der Waals surface area (Å²) in [4.78, 5) is 6.84. The van der Waals surface area contributed by atoms with E-state index >= 15 is 0 Å². The van der Waals surface area contributed by atoms with E-state index in [1.807, 2.05) is 0 Å². The summed E-state index contributed by atoms with van der Waals surface area (Å²) in [7, 11) is 1.47. The van der Waals surface area contributed by atoms with Crippen molar-refractivity contribution < 1.29 is 14.2 Å². The van der Waals surface area contributed by atoms with Crippen LogP contribution in [-0.2, 0) is 4.65 Å². The summed E-state index contributed by atoms with van der Waals surface area (Å²) in [5.41, 5.74) is -1.01. The number of rotatable bonds is 5. The van der Waals surface area contributed by atoms with Gasteiger partial charge in [-0.2, -0.15) is 4.39 Å². The molecule has 0 bridgehead atoms. The molecule has 1 heterocycles. The van der Waals surface area contributed by atoms with Crippen LogP contribution in [0.5, 0.6) is 0 Å². The lowest BCUT2D eigenvalue weighted by atomic mass is 9.86. The molecule has 0 amide bonds. The van der Waals surface area contributed by atoms with Gasteiger partial charge in [-0.1, -0.05) is 12.1 Å². The molecule has 0 aliphatic rings. The van der Waals surface area contributed by atoms with E-state index in [2.05, 4.69) is 9.97 Å². The van der Waals surface area contributed by atoms with E-state index in [1.165, 1.54) is 19.9 Å². The maximum atomic E-state index is 12.5. The van der Waals surface area contributed by atoms with Gasteiger partial charge in [0.05, 0.1) is 11.2 Å². The molecule has 1 aromatic rings. The van der Waals surface area contributed by atoms with Crippen LogP contribution in [0.2, 0.25) is 0 Å². The highest BCUT2D eigenvalue weighted by Gasteiger charge is 2.35. The zero-order valence-corrected chi connectivity index (χ0v) is 11.0. The molecule has 97 valence electrons. The highest BCUT2D eigenvalue weighted by molar-refractivity contribution is 6.35. The topological polar surface area (TPSA) is 55.2 Å². The van der Waals surface area contributed by atoms with Crippen LogP contribution >= 0.6 is 0 Å². The van der Waals surface area contributed by atoms with Gasteiger partial charge < -0.3 is 9.76 Å². The van der Waals surface area contributed by atoms with E-state index in [9.17, 15) is 9.50 Å². The van der Waals surface area contributed by atoms with Gasteiger partial charge in [-0.3, -0.25) is 0 Å². The molecule has 0 aromatic carbocycles. The van der Waals surface area contributed by atoms with Crippen molar-refractivity contribution in [3.63, 3.8) is 0 Å². The third kappa shape index (κ3) is 4.20. The third-order valence-electron chi connectivity index (χ3n) is 2.84. The van der Waals surface area contributed by atoms with Crippen LogP contribution in [0.15, 0.2) is 18.4 Å². The predicted molar refractivity (Wildman–Crippen MR) is 68.2 cm³/mol. The molecule has 1 aromatic heterocycles. The first-order valence-electron chi connectivity index (χ1n) is 5.60. The average molecular weight is 251 g/mol. The Kier molecular flexibility index (Phi) is 4.59. The first-order chi connectivity index (χ1) is 8.22. The fraction of sp³-hybridized carbons (Fsp3) is 0.500. The first kappa shape index (κ1) is 14.8. The Labute approximate surface area is 107 Å². The van der Waals surface area contributed by atoms with E-state index in [4.69, 9.17) is 4.65 Å². The Morgan fingerprint density at radius 2 is 1.83 bits per heavy atom. The minimum atomic E-state index is -0.962. The second kappa shape index (κ2) is 5.58. The normalized spacial score (nSPS) is 13.0. The summed E-state index contributed by atoms with van der Waals surface area (Å²) < 4.78 is 17.9. The van der Waals surface area contributed by atoms with Crippen molar-refractivity contribution in [1.29, 1.82) is 0 Å². The van der Waals surface area contributed by atoms with Gasteiger partial charge in [0, 0.05) is 18.0 Å². The standard InChI is InChI=1S/C12H17BFN2O2/c1-11(2,17)12(3,4)18-13-6-5-9-7-15-10(14)16-8-9/h5-8,17H,1-4H3/b6-5+. The molecule has 4 nitrogen and oxygen atoms in total. The molecule has 6 heteroatoms. The Morgan fingerprint density at radius 1 is 1.28 bits per heavy atom. The summed E-state index contributed by atoms with van der Waals surface area (Å²) in [5, 5.41) is 9.86. The zero-order chi connectivity index (χ0) is 13.8. The Morgan fingerprint density at radius 3 is 2.33 bits per heavy atom. The molecular weight excluding hydrogens is 234 g/mol. The highest BCUT2D eigenvalue weighted by atomic mass is 19.1. The van der Waals surface area contributed by atoms with Crippen LogP contribution in [0.1, 0.15) is 33.3 Å². The molecule has 0 unspecified atom stereocenters. The van der Waals surface area contributed by atoms with Gasteiger partial charge in [0.25, 0.3) is 0 Å². The van der Waals surface area contributed by atoms with Crippen LogP contribution in [0.4, 0.5) is 4.39 Å². The molecule has 0 aliphatic heterocycles. The molecule has 1 rings (SSSR count). The maximum Gasteiger partial charge on any atom is 0.323 e. The van der Waals surface area contributed by atoms with Crippen molar-refractivity contribution in [2.45, 2.75) is 38.9 Å². The molecule has 0 atom stereocenters. The van der Waals surface area contributed by atoms with E-state index in [0.717, 1.165) is 0 Å². The second-order valence-electron chi connectivity index (χ2n) is 4.97. The van der Waals surface area contributed by atoms with E-state index < -0.39 is 17.3 Å². The van der Waals surface area contributed by atoms with Gasteiger partial charge in [0.2, 0.25) is 0 Å². The second-order valence-corrected chi connectivity index (χ2v) is 4.97. The van der Waals surface area contributed by atoms with E-state index in [-0.39, 0.29) is 0 Å². The van der Waals surface area contributed by atoms with Gasteiger partial charge in [0.15, 0.2) is 0 Å². The quantitative estimate of drug-likeness (QED) is 0.640. The smallest absolute Gasteiger partial charge is 0.323 e. The van der Waals surface area contributed by atoms with Gasteiger partial charge in [-0.05, 0) is 27.7 Å². The number of nitrogens with zero attached hydrogens (tertiary/aromatic N) is 2. The van der Waals surface area contributed by atoms with Crippen LogP contribution in [0.3, 0.4) is 0 Å². The van der Waals surface area contributed by atoms with Crippen molar-refractivity contribution in [3.8, 4) is 0 Å². The molecule has 1 N–H and O–H groups in total. The Hall–Kier alpha value is -1.27. The van der Waals surface area contributed by atoms with Gasteiger partial charge >= 0.3 is 13.6 Å². The van der Waals surface area contributed by atoms with Crippen molar-refractivity contribution >= 4 is 13.6 Å². The summed E-state index contributed by atoms with van der Waals surface area (Å²) in [6.45, 7) is 6.94. The fourth-order valence-corrected chi connectivity index (χ4v) is 0.912. The zero-order valence-electron chi connectivity index (χ0n) is 11.0. The van der Waals surface area contributed by atoms with Gasteiger partial charge in [0.1, 0.15) is 0 Å². The van der Waals surface area contributed by atoms with Gasteiger partial charge in [-0.25, -0.2) is 9.97 Å². The van der Waals surface area contributed by atoms with Crippen molar-refractivity contribution in [1.82, 2.24) is 9.97 Å². The van der Waals surface area contributed by atoms with Crippen molar-refractivity contribution in [3.05, 3.63) is 30.0 Å². The van der Waals surface area contributed by atoms with Crippen LogP contribution in [0.25, 0.3) is 6.08 Å². The molecule has 0 aliphatic carbocycles. The fourth-order valence-electron chi connectivity index (χ4n) is 0.912. The summed E-state index contributed by atoms with van der Waals surface area (Å²) in [6, 6.07) is 0. The van der Waals surface area contributed by atoms with Crippen LogP contribution in [-0.4, -0.2) is 33.8 Å². The van der Waals surface area contributed by atoms with E-state index in [1.54, 1.807) is 39.7 Å². The maximum absolute atomic E-state index is 12.5. The summed E-state index contributed by atoms with van der Waals surface area (Å²) >= 11 is 0. The molecule has 18 heavy (non-hydrogen) atoms. The third-order valence-corrected chi connectivity index (χ3v) is 2.84.